The maximum absolute atomic E-state index is 12.4. The number of amides is 2. The molecule has 1 N–H and O–H groups in total. The van der Waals surface area contributed by atoms with Gasteiger partial charge in [0.05, 0.1) is 6.54 Å². The minimum atomic E-state index is -0.302. The molecule has 0 saturated heterocycles. The maximum Gasteiger partial charge on any atom is 0.327 e. The summed E-state index contributed by atoms with van der Waals surface area (Å²) in [4.78, 5) is 29.6. The zero-order chi connectivity index (χ0) is 15.5. The van der Waals surface area contributed by atoms with Crippen LogP contribution in [0.2, 0.25) is 0 Å². The highest BCUT2D eigenvalue weighted by molar-refractivity contribution is 6.03. The molecule has 2 aromatic rings. The zero-order valence-electron chi connectivity index (χ0n) is 12.1. The molecule has 22 heavy (non-hydrogen) atoms. The number of ether oxygens (including phenoxy) is 1. The van der Waals surface area contributed by atoms with Crippen molar-refractivity contribution < 1.29 is 14.3 Å². The second kappa shape index (κ2) is 5.85. The van der Waals surface area contributed by atoms with E-state index in [1.165, 1.54) is 11.8 Å². The minimum absolute atomic E-state index is 0.0468. The van der Waals surface area contributed by atoms with Crippen molar-refractivity contribution in [2.45, 2.75) is 6.92 Å². The minimum Gasteiger partial charge on any atom is -0.488 e. The van der Waals surface area contributed by atoms with Crippen LogP contribution in [0, 0.1) is 0 Å². The van der Waals surface area contributed by atoms with Crippen molar-refractivity contribution in [1.82, 2.24) is 4.98 Å². The van der Waals surface area contributed by atoms with Gasteiger partial charge in [0.15, 0.2) is 17.4 Å². The van der Waals surface area contributed by atoms with Gasteiger partial charge in [-0.1, -0.05) is 12.1 Å². The molecule has 6 nitrogen and oxygen atoms in total. The fourth-order valence-electron chi connectivity index (χ4n) is 2.26. The van der Waals surface area contributed by atoms with E-state index in [-0.39, 0.29) is 11.8 Å². The van der Waals surface area contributed by atoms with Crippen LogP contribution >= 0.6 is 0 Å². The molecule has 1 aromatic heterocycles. The quantitative estimate of drug-likeness (QED) is 0.865. The number of fused-ring (bicyclic) bond motifs is 1. The molecule has 0 aliphatic carbocycles. The molecule has 1 aliphatic heterocycles. The molecule has 0 atom stereocenters. The Kier molecular flexibility index (Phi) is 3.74. The first-order chi connectivity index (χ1) is 10.6. The summed E-state index contributed by atoms with van der Waals surface area (Å²) in [6, 6.07) is 10.1. The maximum atomic E-state index is 12.4. The molecule has 2 heterocycles. The average molecular weight is 297 g/mol. The number of hydrogen-bond acceptors (Lipinski definition) is 4. The summed E-state index contributed by atoms with van der Waals surface area (Å²) >= 11 is 0. The Balaban J connectivity index is 1.81. The van der Waals surface area contributed by atoms with E-state index in [0.29, 0.717) is 36.0 Å². The predicted molar refractivity (Wildman–Crippen MR) is 82.5 cm³/mol. The van der Waals surface area contributed by atoms with Crippen LogP contribution in [0.1, 0.15) is 17.3 Å². The number of carbonyl (C=O) groups is 2. The molecule has 0 unspecified atom stereocenters. The Hall–Kier alpha value is -2.89. The molecule has 0 radical (unpaired) electrons. The van der Waals surface area contributed by atoms with Crippen LogP contribution < -0.4 is 15.0 Å². The highest BCUT2D eigenvalue weighted by atomic mass is 16.5. The lowest BCUT2D eigenvalue weighted by Gasteiger charge is -2.28. The largest absolute Gasteiger partial charge is 0.488 e. The molecule has 0 fully saturated rings. The van der Waals surface area contributed by atoms with Crippen molar-refractivity contribution in [2.75, 3.05) is 23.4 Å². The third kappa shape index (κ3) is 2.76. The Bertz CT molecular complexity index is 730. The highest BCUT2D eigenvalue weighted by Crippen LogP contribution is 2.28. The number of rotatable bonds is 2. The van der Waals surface area contributed by atoms with E-state index in [1.807, 2.05) is 0 Å². The van der Waals surface area contributed by atoms with E-state index in [9.17, 15) is 9.59 Å². The predicted octanol–water partition coefficient (Wildman–Crippen LogP) is 2.72. The Morgan fingerprint density at radius 3 is 2.95 bits per heavy atom. The van der Waals surface area contributed by atoms with Crippen molar-refractivity contribution in [3.8, 4) is 5.75 Å². The Morgan fingerprint density at radius 2 is 2.14 bits per heavy atom. The molecule has 1 aliphatic rings. The van der Waals surface area contributed by atoms with Crippen LogP contribution in [0.25, 0.3) is 0 Å². The van der Waals surface area contributed by atoms with Gasteiger partial charge in [-0.05, 0) is 31.2 Å². The van der Waals surface area contributed by atoms with Gasteiger partial charge in [-0.2, -0.15) is 0 Å². The summed E-state index contributed by atoms with van der Waals surface area (Å²) < 4.78 is 5.48. The molecule has 3 rings (SSSR count). The van der Waals surface area contributed by atoms with Gasteiger partial charge in [0.25, 0.3) is 0 Å². The third-order valence-electron chi connectivity index (χ3n) is 3.34. The number of aromatic nitrogens is 1. The summed E-state index contributed by atoms with van der Waals surface area (Å²) in [5.74, 6) is 1.03. The SMILES string of the molecule is CC(=O)c1cccc(NC(=O)N2CCOc3cccnc32)c1. The first-order valence-corrected chi connectivity index (χ1v) is 6.92. The lowest BCUT2D eigenvalue weighted by Crippen LogP contribution is -2.41. The number of nitrogens with one attached hydrogen (secondary N) is 1. The van der Waals surface area contributed by atoms with Crippen LogP contribution in [0.3, 0.4) is 0 Å². The lowest BCUT2D eigenvalue weighted by atomic mass is 10.1. The van der Waals surface area contributed by atoms with Gasteiger partial charge >= 0.3 is 6.03 Å². The molecule has 1 aromatic carbocycles. The summed E-state index contributed by atoms with van der Waals surface area (Å²) in [7, 11) is 0. The van der Waals surface area contributed by atoms with Crippen molar-refractivity contribution in [1.29, 1.82) is 0 Å². The van der Waals surface area contributed by atoms with Crippen molar-refractivity contribution in [2.24, 2.45) is 0 Å². The molecular weight excluding hydrogens is 282 g/mol. The summed E-state index contributed by atoms with van der Waals surface area (Å²) in [6.45, 7) is 2.32. The second-order valence-corrected chi connectivity index (χ2v) is 4.89. The molecule has 112 valence electrons. The van der Waals surface area contributed by atoms with E-state index in [4.69, 9.17) is 4.74 Å². The molecule has 2 amide bonds. The second-order valence-electron chi connectivity index (χ2n) is 4.89. The van der Waals surface area contributed by atoms with E-state index in [2.05, 4.69) is 10.3 Å². The van der Waals surface area contributed by atoms with Crippen LogP contribution in [-0.4, -0.2) is 29.9 Å². The fourth-order valence-corrected chi connectivity index (χ4v) is 2.26. The Morgan fingerprint density at radius 1 is 1.27 bits per heavy atom. The number of anilines is 2. The monoisotopic (exact) mass is 297 g/mol. The summed E-state index contributed by atoms with van der Waals surface area (Å²) in [5, 5.41) is 2.79. The standard InChI is InChI=1S/C16H15N3O3/c1-11(20)12-4-2-5-13(10-12)18-16(21)19-8-9-22-14-6-3-7-17-15(14)19/h2-7,10H,8-9H2,1H3,(H,18,21). The van der Waals surface area contributed by atoms with E-state index < -0.39 is 0 Å². The van der Waals surface area contributed by atoms with Crippen molar-refractivity contribution in [3.05, 3.63) is 48.2 Å². The number of urea groups is 1. The van der Waals surface area contributed by atoms with Gasteiger partial charge in [0.2, 0.25) is 0 Å². The van der Waals surface area contributed by atoms with Crippen LogP contribution in [0.5, 0.6) is 5.75 Å². The average Bonchev–Trinajstić information content (AvgIpc) is 2.54. The van der Waals surface area contributed by atoms with E-state index >= 15 is 0 Å². The van der Waals surface area contributed by atoms with Gasteiger partial charge in [0, 0.05) is 17.4 Å². The first kappa shape index (κ1) is 14.1. The third-order valence-corrected chi connectivity index (χ3v) is 3.34. The molecule has 0 saturated carbocycles. The Labute approximate surface area is 127 Å². The molecule has 6 heteroatoms. The van der Waals surface area contributed by atoms with E-state index in [0.717, 1.165) is 0 Å². The topological polar surface area (TPSA) is 71.5 Å². The number of Topliss-reactive ketones (excluding diaryl/α,β-unsaturated/α-hetero) is 1. The zero-order valence-corrected chi connectivity index (χ0v) is 12.1. The van der Waals surface area contributed by atoms with Gasteiger partial charge in [-0.15, -0.1) is 0 Å². The highest BCUT2D eigenvalue weighted by Gasteiger charge is 2.24. The normalized spacial score (nSPS) is 13.0. The molecule has 0 bridgehead atoms. The summed E-state index contributed by atoms with van der Waals surface area (Å²) in [5.41, 5.74) is 1.12. The van der Waals surface area contributed by atoms with Crippen LogP contribution in [0.4, 0.5) is 16.3 Å². The van der Waals surface area contributed by atoms with Gasteiger partial charge < -0.3 is 10.1 Å². The molecular formula is C16H15N3O3. The first-order valence-electron chi connectivity index (χ1n) is 6.92. The van der Waals surface area contributed by atoms with Gasteiger partial charge in [-0.25, -0.2) is 9.78 Å². The number of benzene rings is 1. The van der Waals surface area contributed by atoms with Crippen molar-refractivity contribution in [3.63, 3.8) is 0 Å². The number of carbonyl (C=O) groups excluding carboxylic acids is 2. The van der Waals surface area contributed by atoms with Gasteiger partial charge in [-0.3, -0.25) is 9.69 Å². The fraction of sp³-hybridized carbons (Fsp3) is 0.188. The lowest BCUT2D eigenvalue weighted by molar-refractivity contribution is 0.101. The number of ketones is 1. The summed E-state index contributed by atoms with van der Waals surface area (Å²) in [6.07, 6.45) is 1.62. The number of nitrogens with zero attached hydrogens (tertiary/aromatic N) is 2. The van der Waals surface area contributed by atoms with Crippen molar-refractivity contribution >= 4 is 23.3 Å². The van der Waals surface area contributed by atoms with Crippen LogP contribution in [-0.2, 0) is 0 Å². The molecule has 0 spiro atoms. The van der Waals surface area contributed by atoms with Gasteiger partial charge in [0.1, 0.15) is 6.61 Å². The number of pyridine rings is 1. The smallest absolute Gasteiger partial charge is 0.327 e. The number of hydrogen-bond donors (Lipinski definition) is 1. The van der Waals surface area contributed by atoms with Crippen LogP contribution in [0.15, 0.2) is 42.6 Å². The van der Waals surface area contributed by atoms with E-state index in [1.54, 1.807) is 42.6 Å².